The van der Waals surface area contributed by atoms with E-state index in [9.17, 15) is 0 Å². The van der Waals surface area contributed by atoms with Crippen LogP contribution < -0.4 is 9.25 Å². The van der Waals surface area contributed by atoms with Gasteiger partial charge in [-0.2, -0.15) is 0 Å². The van der Waals surface area contributed by atoms with Gasteiger partial charge in [0.05, 0.1) is 0 Å². The summed E-state index contributed by atoms with van der Waals surface area (Å²) in [6.07, 6.45) is 0. The molecule has 0 saturated heterocycles. The molecule has 0 unspecified atom stereocenters. The summed E-state index contributed by atoms with van der Waals surface area (Å²) in [6, 6.07) is 15.8. The average molecular weight is 361 g/mol. The molecule has 2 aromatic carbocycles. The summed E-state index contributed by atoms with van der Waals surface area (Å²) in [7, 11) is 7.37. The molecule has 0 radical (unpaired) electrons. The van der Waals surface area contributed by atoms with Crippen LogP contribution in [0.15, 0.2) is 58.8 Å². The van der Waals surface area contributed by atoms with Gasteiger partial charge in [0.15, 0.2) is 0 Å². The Balaban J connectivity index is 2.06. The first-order valence-electron chi connectivity index (χ1n) is 6.81. The monoisotopic (exact) mass is 361 g/mol. The van der Waals surface area contributed by atoms with Crippen molar-refractivity contribution in [1.29, 1.82) is 0 Å². The molecule has 0 aliphatic rings. The molecule has 0 spiro atoms. The molecule has 116 valence electrons. The minimum absolute atomic E-state index is 0.807. The van der Waals surface area contributed by atoms with E-state index < -0.39 is 15.3 Å². The van der Waals surface area contributed by atoms with Crippen LogP contribution in [0.25, 0.3) is 0 Å². The molecule has 22 heavy (non-hydrogen) atoms. The first-order valence-corrected chi connectivity index (χ1v) is 9.28. The molecular formula is C16H20AsN3O2. The van der Waals surface area contributed by atoms with Crippen molar-refractivity contribution < 1.29 is 7.45 Å². The van der Waals surface area contributed by atoms with Crippen LogP contribution in [0.5, 0.6) is 0 Å². The summed E-state index contributed by atoms with van der Waals surface area (Å²) >= 11 is -1.81. The van der Waals surface area contributed by atoms with E-state index in [1.54, 1.807) is 14.2 Å². The van der Waals surface area contributed by atoms with Crippen LogP contribution in [-0.4, -0.2) is 43.6 Å². The summed E-state index contributed by atoms with van der Waals surface area (Å²) in [4.78, 5) is 2.05. The molecule has 2 aromatic rings. The quantitative estimate of drug-likeness (QED) is 0.587. The molecule has 0 fully saturated rings. The van der Waals surface area contributed by atoms with Gasteiger partial charge in [-0.15, -0.1) is 0 Å². The number of benzene rings is 2. The number of hydrogen-bond donors (Lipinski definition) is 0. The Morgan fingerprint density at radius 2 is 1.23 bits per heavy atom. The zero-order valence-electron chi connectivity index (χ0n) is 13.2. The Kier molecular flexibility index (Phi) is 6.13. The minimum atomic E-state index is -1.81. The van der Waals surface area contributed by atoms with Crippen molar-refractivity contribution in [3.8, 4) is 0 Å². The van der Waals surface area contributed by atoms with Gasteiger partial charge in [-0.05, 0) is 0 Å². The summed E-state index contributed by atoms with van der Waals surface area (Å²) in [5, 5.41) is 8.50. The first-order chi connectivity index (χ1) is 10.6. The van der Waals surface area contributed by atoms with Gasteiger partial charge in [-0.1, -0.05) is 0 Å². The fraction of sp³-hybridized carbons (Fsp3) is 0.250. The van der Waals surface area contributed by atoms with Crippen LogP contribution in [0.3, 0.4) is 0 Å². The number of anilines is 1. The van der Waals surface area contributed by atoms with E-state index in [-0.39, 0.29) is 0 Å². The summed E-state index contributed by atoms with van der Waals surface area (Å²) in [5.41, 5.74) is 2.77. The molecule has 0 bridgehead atoms. The van der Waals surface area contributed by atoms with Crippen molar-refractivity contribution in [2.75, 3.05) is 33.2 Å². The first kappa shape index (κ1) is 16.7. The van der Waals surface area contributed by atoms with Crippen LogP contribution in [0, 0.1) is 0 Å². The Hall–Kier alpha value is -1.68. The van der Waals surface area contributed by atoms with E-state index in [0.29, 0.717) is 0 Å². The molecule has 0 amide bonds. The second kappa shape index (κ2) is 8.08. The third kappa shape index (κ3) is 4.40. The molecule has 0 aromatic heterocycles. The predicted molar refractivity (Wildman–Crippen MR) is 90.8 cm³/mol. The normalized spacial score (nSPS) is 11.3. The molecule has 6 heteroatoms. The van der Waals surface area contributed by atoms with Gasteiger partial charge >= 0.3 is 136 Å². The third-order valence-corrected chi connectivity index (χ3v) is 5.94. The van der Waals surface area contributed by atoms with E-state index in [1.807, 2.05) is 67.5 Å². The maximum atomic E-state index is 5.35. The average Bonchev–Trinajstić information content (AvgIpc) is 2.55. The topological polar surface area (TPSA) is 46.4 Å². The number of azo groups is 1. The van der Waals surface area contributed by atoms with E-state index in [1.165, 1.54) is 0 Å². The second-order valence-electron chi connectivity index (χ2n) is 4.75. The number of hydrogen-bond acceptors (Lipinski definition) is 5. The summed E-state index contributed by atoms with van der Waals surface area (Å²) in [5.74, 6) is 0. The van der Waals surface area contributed by atoms with Crippen molar-refractivity contribution in [2.45, 2.75) is 0 Å². The van der Waals surface area contributed by atoms with Gasteiger partial charge < -0.3 is 0 Å². The van der Waals surface area contributed by atoms with Crippen molar-refractivity contribution in [1.82, 2.24) is 0 Å². The zero-order valence-corrected chi connectivity index (χ0v) is 15.1. The van der Waals surface area contributed by atoms with Crippen LogP contribution in [0.2, 0.25) is 0 Å². The van der Waals surface area contributed by atoms with Crippen molar-refractivity contribution in [3.05, 3.63) is 48.5 Å². The van der Waals surface area contributed by atoms with Gasteiger partial charge in [-0.3, -0.25) is 0 Å². The molecule has 5 nitrogen and oxygen atoms in total. The van der Waals surface area contributed by atoms with Crippen molar-refractivity contribution in [3.63, 3.8) is 0 Å². The van der Waals surface area contributed by atoms with Gasteiger partial charge in [0.25, 0.3) is 0 Å². The van der Waals surface area contributed by atoms with E-state index in [4.69, 9.17) is 7.45 Å². The van der Waals surface area contributed by atoms with Gasteiger partial charge in [0.2, 0.25) is 0 Å². The van der Waals surface area contributed by atoms with E-state index in [0.717, 1.165) is 21.4 Å². The third-order valence-electron chi connectivity index (χ3n) is 3.04. The fourth-order valence-electron chi connectivity index (χ4n) is 1.86. The fourth-order valence-corrected chi connectivity index (χ4v) is 3.88. The van der Waals surface area contributed by atoms with Crippen LogP contribution in [-0.2, 0) is 7.45 Å². The summed E-state index contributed by atoms with van der Waals surface area (Å²) < 4.78 is 11.8. The van der Waals surface area contributed by atoms with E-state index >= 15 is 0 Å². The molecule has 0 saturated carbocycles. The van der Waals surface area contributed by atoms with Gasteiger partial charge in [-0.25, -0.2) is 0 Å². The molecule has 0 atom stereocenters. The SMILES string of the molecule is CO[As](OC)c1ccc(N=Nc2ccc(N(C)C)cc2)cc1. The van der Waals surface area contributed by atoms with Crippen molar-refractivity contribution in [2.24, 2.45) is 10.2 Å². The predicted octanol–water partition coefficient (Wildman–Crippen LogP) is 3.16. The summed E-state index contributed by atoms with van der Waals surface area (Å²) in [6.45, 7) is 0. The molecule has 0 N–H and O–H groups in total. The van der Waals surface area contributed by atoms with Crippen LogP contribution >= 0.6 is 0 Å². The van der Waals surface area contributed by atoms with E-state index in [2.05, 4.69) is 10.2 Å². The molecule has 2 rings (SSSR count). The number of nitrogens with zero attached hydrogens (tertiary/aromatic N) is 3. The second-order valence-corrected chi connectivity index (χ2v) is 8.44. The molecule has 0 aliphatic heterocycles. The van der Waals surface area contributed by atoms with Gasteiger partial charge in [0, 0.05) is 0 Å². The Morgan fingerprint density at radius 3 is 1.64 bits per heavy atom. The van der Waals surface area contributed by atoms with Crippen LogP contribution in [0.4, 0.5) is 17.1 Å². The molecule has 0 heterocycles. The Labute approximate surface area is 136 Å². The Morgan fingerprint density at radius 1 is 0.773 bits per heavy atom. The molecule has 0 aliphatic carbocycles. The number of rotatable bonds is 6. The zero-order chi connectivity index (χ0) is 15.9. The standard InChI is InChI=1S/C16H20AsN3O2/c1-20(2)16-11-9-15(10-12-16)19-18-14-7-5-13(6-8-14)17(21-3)22-4/h5-12H,1-4H3. The maximum absolute atomic E-state index is 5.35. The van der Waals surface area contributed by atoms with Gasteiger partial charge in [0.1, 0.15) is 0 Å². The van der Waals surface area contributed by atoms with Crippen LogP contribution in [0.1, 0.15) is 0 Å². The Bertz CT molecular complexity index is 608. The molecular weight excluding hydrogens is 341 g/mol. The van der Waals surface area contributed by atoms with Crippen molar-refractivity contribution >= 4 is 36.7 Å².